The van der Waals surface area contributed by atoms with E-state index in [-0.39, 0.29) is 12.4 Å². The highest BCUT2D eigenvalue weighted by molar-refractivity contribution is 6.18. The second-order valence-electron chi connectivity index (χ2n) is 4.12. The molecule has 0 bridgehead atoms. The minimum Gasteiger partial charge on any atom is -0.497 e. The van der Waals surface area contributed by atoms with Gasteiger partial charge in [-0.3, -0.25) is 0 Å². The third-order valence-electron chi connectivity index (χ3n) is 2.71. The highest BCUT2D eigenvalue weighted by atomic mass is 35.5. The van der Waals surface area contributed by atoms with Crippen LogP contribution in [0.25, 0.3) is 0 Å². The number of rotatable bonds is 7. The van der Waals surface area contributed by atoms with Crippen LogP contribution < -0.4 is 15.4 Å². The molecule has 0 radical (unpaired) electrons. The quantitative estimate of drug-likeness (QED) is 0.554. The summed E-state index contributed by atoms with van der Waals surface area (Å²) in [4.78, 5) is 22.7. The van der Waals surface area contributed by atoms with Crippen LogP contribution in [0.5, 0.6) is 5.75 Å². The molecule has 21 heavy (non-hydrogen) atoms. The number of methoxy groups -OCH3 is 1. The Labute approximate surface area is 126 Å². The molecule has 1 rings (SSSR count). The van der Waals surface area contributed by atoms with E-state index in [0.717, 1.165) is 0 Å². The molecule has 2 amide bonds. The van der Waals surface area contributed by atoms with Crippen LogP contribution in [0.2, 0.25) is 0 Å². The number of amides is 2. The zero-order valence-electron chi connectivity index (χ0n) is 11.4. The van der Waals surface area contributed by atoms with Gasteiger partial charge in [0, 0.05) is 12.4 Å². The fourth-order valence-corrected chi connectivity index (χ4v) is 1.72. The van der Waals surface area contributed by atoms with Crippen LogP contribution in [-0.4, -0.2) is 47.8 Å². The summed E-state index contributed by atoms with van der Waals surface area (Å²) < 4.78 is 4.98. The van der Waals surface area contributed by atoms with Crippen molar-refractivity contribution in [3.8, 4) is 5.75 Å². The molecule has 0 aliphatic carbocycles. The molecule has 0 heterocycles. The zero-order valence-corrected chi connectivity index (χ0v) is 12.1. The van der Waals surface area contributed by atoms with Crippen LogP contribution in [0, 0.1) is 0 Å². The SMILES string of the molecule is COc1ccc(C(O)C(NC(=O)NCCCl)C(=O)O)cc1. The molecular formula is C13H17ClN2O5. The minimum absolute atomic E-state index is 0.193. The Morgan fingerprint density at radius 2 is 1.95 bits per heavy atom. The Balaban J connectivity index is 2.78. The number of urea groups is 1. The summed E-state index contributed by atoms with van der Waals surface area (Å²) in [6.07, 6.45) is -1.39. The smallest absolute Gasteiger partial charge is 0.329 e. The van der Waals surface area contributed by atoms with Crippen LogP contribution >= 0.6 is 11.6 Å². The van der Waals surface area contributed by atoms with Gasteiger partial charge in [-0.2, -0.15) is 0 Å². The van der Waals surface area contributed by atoms with Crippen LogP contribution in [-0.2, 0) is 4.79 Å². The summed E-state index contributed by atoms with van der Waals surface area (Å²) in [5.41, 5.74) is 0.348. The number of hydrogen-bond acceptors (Lipinski definition) is 4. The molecule has 1 aromatic rings. The minimum atomic E-state index is -1.48. The number of halogens is 1. The van der Waals surface area contributed by atoms with Crippen molar-refractivity contribution < 1.29 is 24.5 Å². The molecule has 2 unspecified atom stereocenters. The van der Waals surface area contributed by atoms with Gasteiger partial charge in [-0.25, -0.2) is 9.59 Å². The molecule has 0 saturated heterocycles. The molecule has 4 N–H and O–H groups in total. The predicted octanol–water partition coefficient (Wildman–Crippen LogP) is 0.720. The number of carboxylic acid groups (broad SMARTS) is 1. The van der Waals surface area contributed by atoms with Gasteiger partial charge in [0.05, 0.1) is 7.11 Å². The van der Waals surface area contributed by atoms with E-state index < -0.39 is 24.1 Å². The van der Waals surface area contributed by atoms with E-state index in [1.54, 1.807) is 12.1 Å². The molecule has 0 fully saturated rings. The molecule has 1 aromatic carbocycles. The largest absolute Gasteiger partial charge is 0.497 e. The molecule has 0 aliphatic rings. The first-order chi connectivity index (χ1) is 9.99. The van der Waals surface area contributed by atoms with Gasteiger partial charge in [-0.1, -0.05) is 12.1 Å². The predicted molar refractivity (Wildman–Crippen MR) is 76.6 cm³/mol. The number of aliphatic hydroxyl groups excluding tert-OH is 1. The highest BCUT2D eigenvalue weighted by Crippen LogP contribution is 2.20. The maximum Gasteiger partial charge on any atom is 0.329 e. The van der Waals surface area contributed by atoms with Crippen molar-refractivity contribution in [1.29, 1.82) is 0 Å². The highest BCUT2D eigenvalue weighted by Gasteiger charge is 2.29. The Morgan fingerprint density at radius 3 is 2.43 bits per heavy atom. The number of hydrogen-bond donors (Lipinski definition) is 4. The number of nitrogens with one attached hydrogen (secondary N) is 2. The average molecular weight is 317 g/mol. The van der Waals surface area contributed by atoms with Crippen molar-refractivity contribution in [2.24, 2.45) is 0 Å². The molecule has 7 nitrogen and oxygen atoms in total. The van der Waals surface area contributed by atoms with Gasteiger partial charge in [-0.05, 0) is 17.7 Å². The summed E-state index contributed by atoms with van der Waals surface area (Å²) in [5, 5.41) is 23.8. The second-order valence-corrected chi connectivity index (χ2v) is 4.50. The summed E-state index contributed by atoms with van der Waals surface area (Å²) in [6, 6.07) is 4.04. The van der Waals surface area contributed by atoms with Crippen LogP contribution in [0.1, 0.15) is 11.7 Å². The molecule has 2 atom stereocenters. The molecule has 8 heteroatoms. The van der Waals surface area contributed by atoms with E-state index in [0.29, 0.717) is 11.3 Å². The number of carbonyl (C=O) groups is 2. The molecular weight excluding hydrogens is 300 g/mol. The van der Waals surface area contributed by atoms with Crippen molar-refractivity contribution >= 4 is 23.6 Å². The van der Waals surface area contributed by atoms with E-state index >= 15 is 0 Å². The fraction of sp³-hybridized carbons (Fsp3) is 0.385. The first-order valence-electron chi connectivity index (χ1n) is 6.14. The lowest BCUT2D eigenvalue weighted by Gasteiger charge is -2.21. The number of benzene rings is 1. The van der Waals surface area contributed by atoms with Gasteiger partial charge in [0.25, 0.3) is 0 Å². The number of ether oxygens (including phenoxy) is 1. The molecule has 116 valence electrons. The Hall–Kier alpha value is -1.99. The summed E-state index contributed by atoms with van der Waals surface area (Å²) in [7, 11) is 1.49. The molecule has 0 spiro atoms. The lowest BCUT2D eigenvalue weighted by molar-refractivity contribution is -0.142. The normalized spacial score (nSPS) is 13.1. The number of carboxylic acids is 1. The number of aliphatic carboxylic acids is 1. The van der Waals surface area contributed by atoms with Crippen LogP contribution in [0.15, 0.2) is 24.3 Å². The fourth-order valence-electron chi connectivity index (χ4n) is 1.62. The standard InChI is InChI=1S/C13H17ClN2O5/c1-21-9-4-2-8(3-5-9)11(17)10(12(18)19)16-13(20)15-7-6-14/h2-5,10-11,17H,6-7H2,1H3,(H,18,19)(H2,15,16,20). The van der Waals surface area contributed by atoms with Gasteiger partial charge in [0.2, 0.25) is 0 Å². The lowest BCUT2D eigenvalue weighted by Crippen LogP contribution is -2.49. The van der Waals surface area contributed by atoms with Gasteiger partial charge >= 0.3 is 12.0 Å². The Bertz CT molecular complexity index is 480. The zero-order chi connectivity index (χ0) is 15.8. The first-order valence-corrected chi connectivity index (χ1v) is 6.68. The number of alkyl halides is 1. The van der Waals surface area contributed by atoms with Crippen LogP contribution in [0.3, 0.4) is 0 Å². The van der Waals surface area contributed by atoms with E-state index in [2.05, 4.69) is 10.6 Å². The van der Waals surface area contributed by atoms with E-state index in [1.807, 2.05) is 0 Å². The van der Waals surface area contributed by atoms with E-state index in [9.17, 15) is 14.7 Å². The topological polar surface area (TPSA) is 108 Å². The lowest BCUT2D eigenvalue weighted by atomic mass is 10.0. The maximum atomic E-state index is 11.5. The number of carbonyl (C=O) groups excluding carboxylic acids is 1. The monoisotopic (exact) mass is 316 g/mol. The van der Waals surface area contributed by atoms with E-state index in [1.165, 1.54) is 19.2 Å². The van der Waals surface area contributed by atoms with Crippen molar-refractivity contribution in [1.82, 2.24) is 10.6 Å². The maximum absolute atomic E-state index is 11.5. The van der Waals surface area contributed by atoms with Gasteiger partial charge in [0.15, 0.2) is 6.04 Å². The summed E-state index contributed by atoms with van der Waals surface area (Å²) in [6.45, 7) is 0.193. The Kier molecular flexibility index (Phi) is 6.77. The van der Waals surface area contributed by atoms with Gasteiger partial charge in [-0.15, -0.1) is 11.6 Å². The van der Waals surface area contributed by atoms with Crippen molar-refractivity contribution in [2.45, 2.75) is 12.1 Å². The average Bonchev–Trinajstić information content (AvgIpc) is 2.49. The van der Waals surface area contributed by atoms with Crippen molar-refractivity contribution in [3.63, 3.8) is 0 Å². The van der Waals surface area contributed by atoms with Gasteiger partial charge < -0.3 is 25.6 Å². The molecule has 0 saturated carbocycles. The van der Waals surface area contributed by atoms with Crippen LogP contribution in [0.4, 0.5) is 4.79 Å². The van der Waals surface area contributed by atoms with Crippen molar-refractivity contribution in [2.75, 3.05) is 19.5 Å². The number of aliphatic hydroxyl groups is 1. The third kappa shape index (κ3) is 5.13. The third-order valence-corrected chi connectivity index (χ3v) is 2.89. The van der Waals surface area contributed by atoms with Gasteiger partial charge in [0.1, 0.15) is 11.9 Å². The van der Waals surface area contributed by atoms with E-state index in [4.69, 9.17) is 21.4 Å². The molecule has 0 aromatic heterocycles. The first kappa shape index (κ1) is 17.1. The summed E-state index contributed by atoms with van der Waals surface area (Å²) >= 11 is 5.41. The second kappa shape index (κ2) is 8.33. The Morgan fingerprint density at radius 1 is 1.33 bits per heavy atom. The molecule has 0 aliphatic heterocycles. The summed E-state index contributed by atoms with van der Waals surface area (Å²) in [5.74, 6) is -0.573. The van der Waals surface area contributed by atoms with Crippen molar-refractivity contribution in [3.05, 3.63) is 29.8 Å².